The van der Waals surface area contributed by atoms with Crippen LogP contribution in [0.1, 0.15) is 25.3 Å². The van der Waals surface area contributed by atoms with Crippen molar-refractivity contribution in [3.05, 3.63) is 29.8 Å². The molecule has 0 bridgehead atoms. The molecule has 0 spiro atoms. The maximum atomic E-state index is 8.26. The van der Waals surface area contributed by atoms with E-state index in [0.29, 0.717) is 24.1 Å². The van der Waals surface area contributed by atoms with Crippen molar-refractivity contribution < 1.29 is 23.2 Å². The summed E-state index contributed by atoms with van der Waals surface area (Å²) >= 11 is 9.67. The van der Waals surface area contributed by atoms with Crippen LogP contribution in [0.2, 0.25) is 0 Å². The number of para-hydroxylation sites is 1. The Hall–Kier alpha value is -0.0517. The number of unbranched alkanes of at least 4 members (excludes halogenated alkanes) is 1. The molecule has 0 heterocycles. The van der Waals surface area contributed by atoms with Gasteiger partial charge in [-0.1, -0.05) is 43.8 Å². The monoisotopic (exact) mass is 339 g/mol. The molecule has 1 rings (SSSR count). The molecule has 0 fully saturated rings. The molecular weight excluding hydrogens is 322 g/mol. The average molecular weight is 337 g/mol. The standard InChI is InChI=1S/C11H15NS2.Mo.O/c1-2-3-6-9-7-4-5-8-10(9)12-11(13)14;;/h4-5,7-8H,2-3,6H2,1H3,(H2,12,13,14);;. The Morgan fingerprint density at radius 2 is 2.06 bits per heavy atom. The van der Waals surface area contributed by atoms with Gasteiger partial charge in [-0.2, -0.15) is 0 Å². The zero-order valence-electron chi connectivity index (χ0n) is 9.10. The fraction of sp³-hybridized carbons (Fsp3) is 0.364. The number of anilines is 1. The van der Waals surface area contributed by atoms with E-state index in [1.54, 1.807) is 0 Å². The van der Waals surface area contributed by atoms with Gasteiger partial charge in [-0.3, -0.25) is 0 Å². The molecule has 0 aliphatic carbocycles. The van der Waals surface area contributed by atoms with Crippen LogP contribution in [0.4, 0.5) is 5.69 Å². The molecule has 0 radical (unpaired) electrons. The minimum atomic E-state index is 0.522. The van der Waals surface area contributed by atoms with E-state index in [1.807, 2.05) is 12.1 Å². The van der Waals surface area contributed by atoms with Crippen LogP contribution in [-0.4, -0.2) is 4.32 Å². The zero-order chi connectivity index (χ0) is 12.4. The van der Waals surface area contributed by atoms with Gasteiger partial charge in [0.1, 0.15) is 4.32 Å². The van der Waals surface area contributed by atoms with Crippen molar-refractivity contribution in [2.24, 2.45) is 0 Å². The Kier molecular flexibility index (Phi) is 10.1. The SMILES string of the molecule is CCCCc1ccccc1NC(=S)S.[O]=[Mo]. The predicted octanol–water partition coefficient (Wildman–Crippen LogP) is 3.53. The van der Waals surface area contributed by atoms with Gasteiger partial charge in [-0.25, -0.2) is 0 Å². The third-order valence-electron chi connectivity index (χ3n) is 2.06. The second-order valence-corrected chi connectivity index (χ2v) is 4.35. The molecule has 0 amide bonds. The van der Waals surface area contributed by atoms with Crippen LogP contribution in [0, 0.1) is 0 Å². The molecule has 0 aliphatic heterocycles. The summed E-state index contributed by atoms with van der Waals surface area (Å²) < 4.78 is 8.78. The second kappa shape index (κ2) is 10.1. The average Bonchev–Trinajstić information content (AvgIpc) is 2.30. The number of nitrogens with one attached hydrogen (secondary N) is 1. The summed E-state index contributed by atoms with van der Waals surface area (Å²) in [5.74, 6) is 0. The number of hydrogen-bond donors (Lipinski definition) is 2. The zero-order valence-corrected chi connectivity index (χ0v) is 12.8. The molecule has 1 aromatic carbocycles. The molecule has 1 aromatic rings. The topological polar surface area (TPSA) is 29.1 Å². The molecule has 0 saturated heterocycles. The number of benzene rings is 1. The first-order valence-corrected chi connectivity index (χ1v) is 6.66. The number of thiol groups is 1. The summed E-state index contributed by atoms with van der Waals surface area (Å²) in [6, 6.07) is 8.22. The van der Waals surface area contributed by atoms with E-state index < -0.39 is 0 Å². The molecular formula is C11H15MoNOS2. The Balaban J connectivity index is 0.00000106. The summed E-state index contributed by atoms with van der Waals surface area (Å²) in [5, 5.41) is 3.08. The molecule has 0 saturated carbocycles. The first kappa shape index (κ1) is 15.9. The van der Waals surface area contributed by atoms with Crippen LogP contribution in [0.25, 0.3) is 0 Å². The summed E-state index contributed by atoms with van der Waals surface area (Å²) in [7, 11) is 0. The van der Waals surface area contributed by atoms with Crippen molar-refractivity contribution >= 4 is 34.9 Å². The van der Waals surface area contributed by atoms with E-state index in [2.05, 4.69) is 37.0 Å². The fourth-order valence-electron chi connectivity index (χ4n) is 1.34. The van der Waals surface area contributed by atoms with Gasteiger partial charge in [-0.05, 0) is 24.5 Å². The first-order valence-electron chi connectivity index (χ1n) is 4.98. The van der Waals surface area contributed by atoms with E-state index >= 15 is 0 Å². The van der Waals surface area contributed by atoms with Crippen molar-refractivity contribution in [3.8, 4) is 0 Å². The van der Waals surface area contributed by atoms with Crippen LogP contribution >= 0.6 is 24.8 Å². The van der Waals surface area contributed by atoms with Gasteiger partial charge in [0.15, 0.2) is 0 Å². The number of rotatable bonds is 4. The van der Waals surface area contributed by atoms with Crippen LogP contribution < -0.4 is 5.32 Å². The Morgan fingerprint density at radius 1 is 1.44 bits per heavy atom. The third-order valence-corrected chi connectivity index (χ3v) is 2.27. The van der Waals surface area contributed by atoms with Gasteiger partial charge < -0.3 is 5.32 Å². The van der Waals surface area contributed by atoms with Crippen LogP contribution in [0.15, 0.2) is 24.3 Å². The number of thiocarbonyl (C=S) groups is 1. The first-order chi connectivity index (χ1) is 7.74. The van der Waals surface area contributed by atoms with Gasteiger partial charge in [-0.15, -0.1) is 12.6 Å². The summed E-state index contributed by atoms with van der Waals surface area (Å²) in [6.45, 7) is 2.19. The molecule has 0 aliphatic rings. The Bertz CT molecular complexity index is 334. The van der Waals surface area contributed by atoms with Gasteiger partial charge in [0.25, 0.3) is 0 Å². The molecule has 16 heavy (non-hydrogen) atoms. The molecule has 1 N–H and O–H groups in total. The third kappa shape index (κ3) is 6.51. The van der Waals surface area contributed by atoms with Crippen molar-refractivity contribution in [1.29, 1.82) is 0 Å². The summed E-state index contributed by atoms with van der Waals surface area (Å²) in [4.78, 5) is 0. The number of aryl methyl sites for hydroxylation is 1. The molecule has 2 nitrogen and oxygen atoms in total. The summed E-state index contributed by atoms with van der Waals surface area (Å²) in [6.07, 6.45) is 3.51. The van der Waals surface area contributed by atoms with Crippen molar-refractivity contribution in [3.63, 3.8) is 0 Å². The summed E-state index contributed by atoms with van der Waals surface area (Å²) in [5.41, 5.74) is 2.40. The van der Waals surface area contributed by atoms with E-state index in [1.165, 1.54) is 18.4 Å². The van der Waals surface area contributed by atoms with Crippen molar-refractivity contribution in [1.82, 2.24) is 0 Å². The van der Waals surface area contributed by atoms with E-state index in [0.717, 1.165) is 12.1 Å². The van der Waals surface area contributed by atoms with Gasteiger partial charge >= 0.3 is 23.2 Å². The Morgan fingerprint density at radius 3 is 2.62 bits per heavy atom. The maximum absolute atomic E-state index is 8.26. The van der Waals surface area contributed by atoms with Gasteiger partial charge in [0, 0.05) is 5.69 Å². The Labute approximate surface area is 119 Å². The minimum absolute atomic E-state index is 0.522. The van der Waals surface area contributed by atoms with Crippen molar-refractivity contribution in [2.75, 3.05) is 5.32 Å². The van der Waals surface area contributed by atoms with Gasteiger partial charge in [0.2, 0.25) is 0 Å². The number of hydrogen-bond acceptors (Lipinski definition) is 2. The molecule has 0 atom stereocenters. The molecule has 5 heteroatoms. The molecule has 88 valence electrons. The van der Waals surface area contributed by atoms with E-state index in [4.69, 9.17) is 15.6 Å². The fourth-order valence-corrected chi connectivity index (χ4v) is 1.57. The second-order valence-electron chi connectivity index (χ2n) is 3.19. The van der Waals surface area contributed by atoms with Crippen LogP contribution in [-0.2, 0) is 29.6 Å². The van der Waals surface area contributed by atoms with E-state index in [-0.39, 0.29) is 0 Å². The molecule has 0 aromatic heterocycles. The van der Waals surface area contributed by atoms with Crippen molar-refractivity contribution in [2.45, 2.75) is 26.2 Å². The molecule has 0 unspecified atom stereocenters. The normalized spacial score (nSPS) is 8.88. The quantitative estimate of drug-likeness (QED) is 0.500. The van der Waals surface area contributed by atoms with E-state index in [9.17, 15) is 0 Å². The van der Waals surface area contributed by atoms with Gasteiger partial charge in [0.05, 0.1) is 0 Å². The van der Waals surface area contributed by atoms with Crippen LogP contribution in [0.5, 0.6) is 0 Å². The van der Waals surface area contributed by atoms with Crippen LogP contribution in [0.3, 0.4) is 0 Å². The predicted molar refractivity (Wildman–Crippen MR) is 70.9 cm³/mol.